The number of methoxy groups -OCH3 is 1. The van der Waals surface area contributed by atoms with Gasteiger partial charge in [-0.15, -0.1) is 0 Å². The van der Waals surface area contributed by atoms with Gasteiger partial charge in [0.15, 0.2) is 11.6 Å². The molecule has 2 aromatic carbocycles. The van der Waals surface area contributed by atoms with Crippen molar-refractivity contribution in [1.29, 1.82) is 0 Å². The molecule has 6 heteroatoms. The smallest absolute Gasteiger partial charge is 0.335 e. The van der Waals surface area contributed by atoms with E-state index in [9.17, 15) is 14.3 Å². The van der Waals surface area contributed by atoms with Gasteiger partial charge in [-0.05, 0) is 47.5 Å². The van der Waals surface area contributed by atoms with Gasteiger partial charge in [-0.3, -0.25) is 4.98 Å². The van der Waals surface area contributed by atoms with Gasteiger partial charge in [0, 0.05) is 18.1 Å². The highest BCUT2D eigenvalue weighted by Gasteiger charge is 2.17. The molecule has 1 aromatic heterocycles. The quantitative estimate of drug-likeness (QED) is 0.698. The molecule has 1 atom stereocenters. The molecular formula is C20H17FN2O3. The summed E-state index contributed by atoms with van der Waals surface area (Å²) in [5.41, 5.74) is 2.26. The van der Waals surface area contributed by atoms with Crippen LogP contribution in [0.15, 0.2) is 67.0 Å². The average molecular weight is 352 g/mol. The maximum absolute atomic E-state index is 14.2. The van der Waals surface area contributed by atoms with Gasteiger partial charge >= 0.3 is 5.97 Å². The van der Waals surface area contributed by atoms with Crippen molar-refractivity contribution in [3.05, 3.63) is 89.5 Å². The van der Waals surface area contributed by atoms with Crippen molar-refractivity contribution in [2.24, 2.45) is 0 Å². The normalized spacial score (nSPS) is 11.6. The Balaban J connectivity index is 2.01. The summed E-state index contributed by atoms with van der Waals surface area (Å²) in [7, 11) is 1.41. The number of hydrogen-bond donors (Lipinski definition) is 2. The highest BCUT2D eigenvalue weighted by Crippen LogP contribution is 2.29. The molecule has 26 heavy (non-hydrogen) atoms. The zero-order valence-electron chi connectivity index (χ0n) is 14.0. The lowest BCUT2D eigenvalue weighted by atomic mass is 9.99. The fourth-order valence-electron chi connectivity index (χ4n) is 2.68. The molecule has 0 bridgehead atoms. The van der Waals surface area contributed by atoms with Crippen LogP contribution >= 0.6 is 0 Å². The van der Waals surface area contributed by atoms with Crippen molar-refractivity contribution in [3.8, 4) is 5.75 Å². The third-order valence-corrected chi connectivity index (χ3v) is 3.95. The number of carboxylic acid groups (broad SMARTS) is 1. The first-order valence-electron chi connectivity index (χ1n) is 7.91. The third kappa shape index (κ3) is 3.80. The van der Waals surface area contributed by atoms with E-state index in [4.69, 9.17) is 4.74 Å². The van der Waals surface area contributed by atoms with Crippen LogP contribution in [0.3, 0.4) is 0 Å². The fourth-order valence-corrected chi connectivity index (χ4v) is 2.68. The maximum Gasteiger partial charge on any atom is 0.335 e. The minimum atomic E-state index is -1.01. The highest BCUT2D eigenvalue weighted by molar-refractivity contribution is 5.88. The number of ether oxygens (including phenoxy) is 1. The van der Waals surface area contributed by atoms with Crippen molar-refractivity contribution >= 4 is 11.7 Å². The van der Waals surface area contributed by atoms with Gasteiger partial charge in [0.1, 0.15) is 0 Å². The Morgan fingerprint density at radius 2 is 2.00 bits per heavy atom. The van der Waals surface area contributed by atoms with E-state index >= 15 is 0 Å². The summed E-state index contributed by atoms with van der Waals surface area (Å²) in [6.45, 7) is 0. The summed E-state index contributed by atoms with van der Waals surface area (Å²) in [4.78, 5) is 15.3. The van der Waals surface area contributed by atoms with E-state index in [0.29, 0.717) is 11.3 Å². The highest BCUT2D eigenvalue weighted by atomic mass is 19.1. The third-order valence-electron chi connectivity index (χ3n) is 3.95. The Morgan fingerprint density at radius 3 is 2.65 bits per heavy atom. The first kappa shape index (κ1) is 17.4. The zero-order valence-corrected chi connectivity index (χ0v) is 14.0. The molecule has 5 nitrogen and oxygen atoms in total. The number of pyridine rings is 1. The largest absolute Gasteiger partial charge is 0.494 e. The number of carbonyl (C=O) groups is 1. The van der Waals surface area contributed by atoms with Gasteiger partial charge in [0.25, 0.3) is 0 Å². The molecule has 3 rings (SSSR count). The summed E-state index contributed by atoms with van der Waals surface area (Å²) < 4.78 is 19.2. The molecular weight excluding hydrogens is 335 g/mol. The molecule has 1 unspecified atom stereocenters. The lowest BCUT2D eigenvalue weighted by molar-refractivity contribution is 0.0697. The Hall–Kier alpha value is -3.41. The van der Waals surface area contributed by atoms with Gasteiger partial charge in [0.2, 0.25) is 0 Å². The van der Waals surface area contributed by atoms with Crippen molar-refractivity contribution in [2.45, 2.75) is 6.04 Å². The number of rotatable bonds is 6. The molecule has 3 aromatic rings. The molecule has 0 aliphatic rings. The Labute approximate surface area is 150 Å². The van der Waals surface area contributed by atoms with E-state index in [1.165, 1.54) is 25.3 Å². The van der Waals surface area contributed by atoms with Crippen molar-refractivity contribution < 1.29 is 19.0 Å². The van der Waals surface area contributed by atoms with Gasteiger partial charge < -0.3 is 15.2 Å². The Morgan fingerprint density at radius 1 is 1.15 bits per heavy atom. The summed E-state index contributed by atoms with van der Waals surface area (Å²) in [6.07, 6.45) is 3.33. The van der Waals surface area contributed by atoms with Crippen molar-refractivity contribution in [3.63, 3.8) is 0 Å². The molecule has 0 aliphatic carbocycles. The first-order chi connectivity index (χ1) is 12.6. The minimum absolute atomic E-state index is 0.159. The number of aromatic nitrogens is 1. The maximum atomic E-state index is 14.2. The first-order valence-corrected chi connectivity index (χ1v) is 7.91. The van der Waals surface area contributed by atoms with E-state index in [-0.39, 0.29) is 11.3 Å². The predicted octanol–water partition coefficient (Wildman–Crippen LogP) is 4.13. The van der Waals surface area contributed by atoms with E-state index < -0.39 is 17.8 Å². The minimum Gasteiger partial charge on any atom is -0.494 e. The molecule has 0 spiro atoms. The van der Waals surface area contributed by atoms with Gasteiger partial charge in [-0.25, -0.2) is 9.18 Å². The van der Waals surface area contributed by atoms with Crippen LogP contribution in [0.4, 0.5) is 10.1 Å². The number of carboxylic acids is 1. The fraction of sp³-hybridized carbons (Fsp3) is 0.100. The van der Waals surface area contributed by atoms with Gasteiger partial charge in [-0.2, -0.15) is 0 Å². The van der Waals surface area contributed by atoms with Crippen LogP contribution in [0, 0.1) is 5.82 Å². The van der Waals surface area contributed by atoms with E-state index in [2.05, 4.69) is 10.3 Å². The molecule has 0 amide bonds. The summed E-state index contributed by atoms with van der Waals surface area (Å²) >= 11 is 0. The molecule has 0 fully saturated rings. The number of nitrogens with one attached hydrogen (secondary N) is 1. The number of benzene rings is 2. The Kier molecular flexibility index (Phi) is 5.12. The number of nitrogens with zero attached hydrogens (tertiary/aromatic N) is 1. The van der Waals surface area contributed by atoms with Crippen LogP contribution in [-0.2, 0) is 0 Å². The number of hydrogen-bond acceptors (Lipinski definition) is 4. The second-order valence-corrected chi connectivity index (χ2v) is 5.64. The van der Waals surface area contributed by atoms with Crippen LogP contribution in [0.1, 0.15) is 27.5 Å². The standard InChI is InChI=1S/C20H17FN2O3/c1-26-18-8-7-13(11-17(18)21)19(15-5-3-9-22-12-15)23-16-6-2-4-14(10-16)20(24)25/h2-12,19,23H,1H3,(H,24,25). The van der Waals surface area contributed by atoms with Crippen LogP contribution in [0.25, 0.3) is 0 Å². The zero-order chi connectivity index (χ0) is 18.5. The second kappa shape index (κ2) is 7.65. The van der Waals surface area contributed by atoms with Gasteiger partial charge in [-0.1, -0.05) is 18.2 Å². The van der Waals surface area contributed by atoms with Crippen molar-refractivity contribution in [2.75, 3.05) is 12.4 Å². The molecule has 0 saturated carbocycles. The average Bonchev–Trinajstić information content (AvgIpc) is 2.67. The predicted molar refractivity (Wildman–Crippen MR) is 96.1 cm³/mol. The van der Waals surface area contributed by atoms with Gasteiger partial charge in [0.05, 0.1) is 18.7 Å². The van der Waals surface area contributed by atoms with Crippen LogP contribution in [-0.4, -0.2) is 23.2 Å². The SMILES string of the molecule is COc1ccc(C(Nc2cccc(C(=O)O)c2)c2cccnc2)cc1F. The van der Waals surface area contributed by atoms with E-state index in [1.807, 2.05) is 6.07 Å². The second-order valence-electron chi connectivity index (χ2n) is 5.64. The molecule has 2 N–H and O–H groups in total. The summed E-state index contributed by atoms with van der Waals surface area (Å²) in [5.74, 6) is -1.33. The lowest BCUT2D eigenvalue weighted by Gasteiger charge is -2.21. The van der Waals surface area contributed by atoms with Crippen LogP contribution in [0.2, 0.25) is 0 Å². The number of anilines is 1. The summed E-state index contributed by atoms with van der Waals surface area (Å²) in [5, 5.41) is 12.4. The Bertz CT molecular complexity index is 916. The molecule has 1 heterocycles. The van der Waals surface area contributed by atoms with Crippen LogP contribution < -0.4 is 10.1 Å². The molecule has 0 aliphatic heterocycles. The van der Waals surface area contributed by atoms with Crippen molar-refractivity contribution in [1.82, 2.24) is 4.98 Å². The molecule has 0 radical (unpaired) electrons. The van der Waals surface area contributed by atoms with E-state index in [1.54, 1.807) is 42.7 Å². The van der Waals surface area contributed by atoms with Crippen LogP contribution in [0.5, 0.6) is 5.75 Å². The number of aromatic carboxylic acids is 1. The summed E-state index contributed by atoms with van der Waals surface area (Å²) in [6, 6.07) is 14.4. The van der Waals surface area contributed by atoms with E-state index in [0.717, 1.165) is 5.56 Å². The number of halogens is 1. The topological polar surface area (TPSA) is 71.5 Å². The molecule has 132 valence electrons. The molecule has 0 saturated heterocycles. The lowest BCUT2D eigenvalue weighted by Crippen LogP contribution is -2.13. The monoisotopic (exact) mass is 352 g/mol.